The summed E-state index contributed by atoms with van der Waals surface area (Å²) in [6.07, 6.45) is 1.61. The van der Waals surface area contributed by atoms with Crippen LogP contribution in [0.5, 0.6) is 0 Å². The molecular weight excluding hydrogens is 622 g/mol. The molecule has 15 heteroatoms. The summed E-state index contributed by atoms with van der Waals surface area (Å²) < 4.78 is 0. The van der Waals surface area contributed by atoms with Crippen molar-refractivity contribution in [1.82, 2.24) is 20.9 Å². The number of amides is 5. The highest BCUT2D eigenvalue weighted by molar-refractivity contribution is 5.97. The molecule has 1 atom stereocenters. The number of aliphatic carboxylic acids is 1. The summed E-state index contributed by atoms with van der Waals surface area (Å²) in [6, 6.07) is 18.4. The Balaban J connectivity index is 0.000000989. The molecule has 254 valence electrons. The van der Waals surface area contributed by atoms with E-state index in [0.29, 0.717) is 5.69 Å². The predicted molar refractivity (Wildman–Crippen MR) is 177 cm³/mol. The molecule has 0 bridgehead atoms. The molecule has 0 aliphatic carbocycles. The van der Waals surface area contributed by atoms with Gasteiger partial charge in [-0.1, -0.05) is 55.5 Å². The molecule has 0 aliphatic heterocycles. The van der Waals surface area contributed by atoms with Crippen molar-refractivity contribution in [2.45, 2.75) is 57.9 Å². The van der Waals surface area contributed by atoms with E-state index in [1.165, 1.54) is 11.8 Å². The van der Waals surface area contributed by atoms with Gasteiger partial charge in [-0.3, -0.25) is 33.8 Å². The Bertz CT molecular complexity index is 1550. The van der Waals surface area contributed by atoms with Crippen LogP contribution >= 0.6 is 0 Å². The second kappa shape index (κ2) is 23.3. The van der Waals surface area contributed by atoms with Crippen LogP contribution in [-0.4, -0.2) is 64.7 Å². The number of para-hydroxylation sites is 1. The van der Waals surface area contributed by atoms with Crippen LogP contribution in [-0.2, 0) is 35.2 Å². The number of nitrogens with one attached hydrogen (secondary N) is 4. The molecule has 48 heavy (non-hydrogen) atoms. The third-order valence-corrected chi connectivity index (χ3v) is 6.43. The van der Waals surface area contributed by atoms with Crippen molar-refractivity contribution in [2.24, 2.45) is 5.18 Å². The number of aromatic nitrogens is 1. The van der Waals surface area contributed by atoms with E-state index in [4.69, 9.17) is 10.4 Å². The molecule has 15 nitrogen and oxygen atoms in total. The van der Waals surface area contributed by atoms with Crippen molar-refractivity contribution in [3.05, 3.63) is 77.3 Å². The summed E-state index contributed by atoms with van der Waals surface area (Å²) in [4.78, 5) is 84.7. The van der Waals surface area contributed by atoms with E-state index < -0.39 is 54.5 Å². The van der Waals surface area contributed by atoms with Crippen LogP contribution in [0.25, 0.3) is 10.9 Å². The number of carbonyl (C=O) groups is 6. The van der Waals surface area contributed by atoms with Gasteiger partial charge in [0.1, 0.15) is 6.04 Å². The number of hydrogen-bond acceptors (Lipinski definition) is 9. The Labute approximate surface area is 277 Å². The van der Waals surface area contributed by atoms with E-state index in [1.54, 1.807) is 6.07 Å². The molecule has 0 saturated carbocycles. The topological polar surface area (TPSA) is 237 Å². The summed E-state index contributed by atoms with van der Waals surface area (Å²) in [7, 11) is 0. The highest BCUT2D eigenvalue weighted by Crippen LogP contribution is 2.15. The lowest BCUT2D eigenvalue weighted by Gasteiger charge is -2.18. The van der Waals surface area contributed by atoms with Crippen LogP contribution in [0.4, 0.5) is 5.69 Å². The lowest BCUT2D eigenvalue weighted by molar-refractivity contribution is -0.139. The summed E-state index contributed by atoms with van der Waals surface area (Å²) >= 11 is 0. The quantitative estimate of drug-likeness (QED) is 0.111. The molecule has 2 aromatic carbocycles. The second-order valence-electron chi connectivity index (χ2n) is 10.0. The Morgan fingerprint density at radius 3 is 2.19 bits per heavy atom. The minimum Gasteiger partial charge on any atom is -0.481 e. The summed E-state index contributed by atoms with van der Waals surface area (Å²) in [5.41, 5.74) is 2.60. The SMILES string of the molecule is C#N.CCc1ccccc1.O=NC(=O)CCC(=O)NCCC[C@H](NC(=O)CCC(=O)O)C(=O)NCC(=O)Nc1cnc2ccccc2c1. The molecule has 0 aliphatic rings. The molecule has 5 amide bonds. The molecule has 0 saturated heterocycles. The number of carboxylic acids is 1. The van der Waals surface area contributed by atoms with E-state index in [2.05, 4.69) is 69.2 Å². The normalized spacial score (nSPS) is 10.4. The number of benzene rings is 2. The fourth-order valence-corrected chi connectivity index (χ4v) is 3.99. The smallest absolute Gasteiger partial charge is 0.303 e. The first-order chi connectivity index (χ1) is 23.1. The average Bonchev–Trinajstić information content (AvgIpc) is 3.11. The van der Waals surface area contributed by atoms with Crippen LogP contribution in [0.1, 0.15) is 51.0 Å². The maximum atomic E-state index is 12.7. The van der Waals surface area contributed by atoms with Crippen molar-refractivity contribution in [3.8, 4) is 6.57 Å². The van der Waals surface area contributed by atoms with Gasteiger partial charge in [-0.25, -0.2) is 5.26 Å². The maximum absolute atomic E-state index is 12.7. The second-order valence-corrected chi connectivity index (χ2v) is 10.0. The number of hydrogen-bond donors (Lipinski definition) is 5. The molecular formula is C33H39N7O8. The summed E-state index contributed by atoms with van der Waals surface area (Å²) in [5, 5.41) is 28.3. The third-order valence-electron chi connectivity index (χ3n) is 6.43. The van der Waals surface area contributed by atoms with Crippen molar-refractivity contribution >= 4 is 52.1 Å². The number of carbonyl (C=O) groups excluding carboxylic acids is 5. The molecule has 1 aromatic heterocycles. The molecule has 3 rings (SSSR count). The molecule has 1 heterocycles. The minimum atomic E-state index is -1.17. The third kappa shape index (κ3) is 16.9. The number of anilines is 1. The molecule has 0 fully saturated rings. The number of rotatable bonds is 16. The highest BCUT2D eigenvalue weighted by Gasteiger charge is 2.21. The van der Waals surface area contributed by atoms with Crippen molar-refractivity contribution < 1.29 is 33.9 Å². The largest absolute Gasteiger partial charge is 0.481 e. The lowest BCUT2D eigenvalue weighted by atomic mass is 10.1. The molecule has 0 unspecified atom stereocenters. The highest BCUT2D eigenvalue weighted by atomic mass is 16.4. The van der Waals surface area contributed by atoms with Gasteiger partial charge in [0.05, 0.1) is 30.4 Å². The zero-order valence-corrected chi connectivity index (χ0v) is 26.5. The molecule has 0 radical (unpaired) electrons. The van der Waals surface area contributed by atoms with Gasteiger partial charge >= 0.3 is 5.97 Å². The number of aryl methyl sites for hydroxylation is 1. The number of pyridine rings is 1. The van der Waals surface area contributed by atoms with Crippen LogP contribution < -0.4 is 21.3 Å². The number of nitrogens with zero attached hydrogens (tertiary/aromatic N) is 3. The van der Waals surface area contributed by atoms with E-state index in [-0.39, 0.29) is 38.6 Å². The number of nitroso groups, excluding NO2 is 1. The zero-order valence-electron chi connectivity index (χ0n) is 26.5. The minimum absolute atomic E-state index is 0.0654. The molecule has 5 N–H and O–H groups in total. The Hall–Kier alpha value is -6.04. The number of nitriles is 1. The Morgan fingerprint density at radius 2 is 1.54 bits per heavy atom. The van der Waals surface area contributed by atoms with Gasteiger partial charge in [-0.2, -0.15) is 0 Å². The monoisotopic (exact) mass is 661 g/mol. The number of fused-ring (bicyclic) bond motifs is 1. The van der Waals surface area contributed by atoms with Crippen LogP contribution in [0.3, 0.4) is 0 Å². The van der Waals surface area contributed by atoms with Crippen molar-refractivity contribution in [1.29, 1.82) is 5.26 Å². The van der Waals surface area contributed by atoms with Gasteiger partial charge in [0, 0.05) is 42.9 Å². The van der Waals surface area contributed by atoms with Gasteiger partial charge in [0.2, 0.25) is 23.6 Å². The Morgan fingerprint density at radius 1 is 0.875 bits per heavy atom. The number of carboxylic acid groups (broad SMARTS) is 1. The van der Waals surface area contributed by atoms with Gasteiger partial charge in [0.25, 0.3) is 5.91 Å². The summed E-state index contributed by atoms with van der Waals surface area (Å²) in [5.74, 6) is -4.47. The fourth-order valence-electron chi connectivity index (χ4n) is 3.99. The van der Waals surface area contributed by atoms with Crippen LogP contribution in [0, 0.1) is 16.7 Å². The first kappa shape index (κ1) is 40.0. The van der Waals surface area contributed by atoms with Crippen LogP contribution in [0.2, 0.25) is 0 Å². The first-order valence-corrected chi connectivity index (χ1v) is 15.0. The summed E-state index contributed by atoms with van der Waals surface area (Å²) in [6.45, 7) is 5.36. The fraction of sp³-hybridized carbons (Fsp3) is 0.333. The molecule has 0 spiro atoms. The Kier molecular flexibility index (Phi) is 19.4. The van der Waals surface area contributed by atoms with E-state index >= 15 is 0 Å². The molecule has 3 aromatic rings. The van der Waals surface area contributed by atoms with Crippen molar-refractivity contribution in [2.75, 3.05) is 18.4 Å². The average molecular weight is 662 g/mol. The van der Waals surface area contributed by atoms with Gasteiger partial charge in [-0.15, -0.1) is 4.91 Å². The van der Waals surface area contributed by atoms with Gasteiger partial charge in [0.15, 0.2) is 0 Å². The van der Waals surface area contributed by atoms with E-state index in [9.17, 15) is 33.7 Å². The van der Waals surface area contributed by atoms with Crippen LogP contribution in [0.15, 0.2) is 72.0 Å². The van der Waals surface area contributed by atoms with Gasteiger partial charge in [-0.05, 0) is 37.0 Å². The maximum Gasteiger partial charge on any atom is 0.303 e. The first-order valence-electron chi connectivity index (χ1n) is 15.0. The predicted octanol–water partition coefficient (Wildman–Crippen LogP) is 3.00. The standard InChI is InChI=1S/C24H28N6O8.C8H10.CHN/c31-19(7-8-21(33)30-38)25-11-3-6-18(29-20(32)9-10-23(35)36)24(37)27-14-22(34)28-16-12-15-4-1-2-5-17(15)26-13-16;1-2-8-6-4-3-5-7-8;1-2/h1-2,4-5,12-13,18H,3,6-11,14H2,(H,25,31)(H,27,37)(H,28,34)(H,29,32)(H,35,36);3-7H,2H2,1H3;1H/t18-;;/m0../s1. The van der Waals surface area contributed by atoms with Gasteiger partial charge < -0.3 is 26.4 Å². The zero-order chi connectivity index (χ0) is 35.7. The van der Waals surface area contributed by atoms with E-state index in [0.717, 1.165) is 17.3 Å². The van der Waals surface area contributed by atoms with Crippen molar-refractivity contribution in [3.63, 3.8) is 0 Å². The lowest BCUT2D eigenvalue weighted by Crippen LogP contribution is -2.48. The van der Waals surface area contributed by atoms with E-state index in [1.807, 2.05) is 30.3 Å².